The lowest BCUT2D eigenvalue weighted by Crippen LogP contribution is -2.53. The Labute approximate surface area is 189 Å². The molecule has 3 heterocycles. The van der Waals surface area contributed by atoms with E-state index in [1.807, 2.05) is 0 Å². The van der Waals surface area contributed by atoms with E-state index in [2.05, 4.69) is 10.1 Å². The molecule has 1 aromatic carbocycles. The van der Waals surface area contributed by atoms with Gasteiger partial charge in [-0.3, -0.25) is 9.59 Å². The highest BCUT2D eigenvalue weighted by molar-refractivity contribution is 6.01. The van der Waals surface area contributed by atoms with Crippen LogP contribution in [-0.2, 0) is 4.79 Å². The van der Waals surface area contributed by atoms with Crippen LogP contribution in [0.2, 0.25) is 0 Å². The molecule has 9 heteroatoms. The second-order valence-corrected chi connectivity index (χ2v) is 8.56. The van der Waals surface area contributed by atoms with Crippen molar-refractivity contribution in [3.63, 3.8) is 0 Å². The molecule has 0 radical (unpaired) electrons. The topological polar surface area (TPSA) is 76.8 Å². The number of Topliss-reactive ketones (excluding diaryl/α,β-unsaturated/α-hetero) is 1. The number of piperidine rings is 1. The summed E-state index contributed by atoms with van der Waals surface area (Å²) in [6.07, 6.45) is 2.33. The minimum atomic E-state index is -2.80. The van der Waals surface area contributed by atoms with Crippen molar-refractivity contribution in [3.8, 4) is 17.0 Å². The summed E-state index contributed by atoms with van der Waals surface area (Å²) >= 11 is 0. The summed E-state index contributed by atoms with van der Waals surface area (Å²) in [4.78, 5) is 32.2. The Kier molecular flexibility index (Phi) is 5.55. The van der Waals surface area contributed by atoms with Gasteiger partial charge in [0.25, 0.3) is 12.3 Å². The number of rotatable bonds is 4. The van der Waals surface area contributed by atoms with Crippen molar-refractivity contribution in [1.29, 1.82) is 0 Å². The average molecular weight is 454 g/mol. The molecule has 2 aromatic heterocycles. The van der Waals surface area contributed by atoms with Crippen LogP contribution in [0.25, 0.3) is 16.9 Å². The van der Waals surface area contributed by atoms with Gasteiger partial charge in [0.05, 0.1) is 19.0 Å². The minimum absolute atomic E-state index is 0.0906. The van der Waals surface area contributed by atoms with Gasteiger partial charge in [0.15, 0.2) is 5.65 Å². The van der Waals surface area contributed by atoms with Crippen LogP contribution in [0.3, 0.4) is 0 Å². The first-order valence-corrected chi connectivity index (χ1v) is 11.1. The molecule has 1 amide bonds. The molecule has 2 fully saturated rings. The molecule has 1 aliphatic heterocycles. The fraction of sp³-hybridized carbons (Fsp3) is 0.417. The molecule has 3 aromatic rings. The number of ketones is 1. The Bertz CT molecular complexity index is 1210. The molecule has 2 aliphatic rings. The van der Waals surface area contributed by atoms with E-state index in [1.165, 1.54) is 12.3 Å². The first-order valence-electron chi connectivity index (χ1n) is 11.1. The van der Waals surface area contributed by atoms with E-state index in [9.17, 15) is 18.4 Å². The first-order chi connectivity index (χ1) is 16.0. The summed E-state index contributed by atoms with van der Waals surface area (Å²) in [7, 11) is 1.55. The van der Waals surface area contributed by atoms with Gasteiger partial charge in [0.2, 0.25) is 0 Å². The number of hydrogen-bond donors (Lipinski definition) is 0. The lowest BCUT2D eigenvalue weighted by molar-refractivity contribution is -0.129. The largest absolute Gasteiger partial charge is 0.497 e. The van der Waals surface area contributed by atoms with Gasteiger partial charge < -0.3 is 9.64 Å². The average Bonchev–Trinajstić information content (AvgIpc) is 3.27. The van der Waals surface area contributed by atoms with Gasteiger partial charge in [-0.1, -0.05) is 12.8 Å². The second kappa shape index (κ2) is 8.53. The van der Waals surface area contributed by atoms with Crippen LogP contribution < -0.4 is 4.74 Å². The van der Waals surface area contributed by atoms with E-state index in [0.29, 0.717) is 30.0 Å². The highest BCUT2D eigenvalue weighted by Crippen LogP contribution is 2.35. The molecule has 172 valence electrons. The number of carbonyl (C=O) groups excluding carboxylic acids is 2. The number of fused-ring (bicyclic) bond motifs is 2. The SMILES string of the molecule is COc1ccc(-c2cc(C(F)F)n3ncc(C(=O)N4CCC(=O)[C@H]5CCCC[C@H]54)c3n2)cc1. The number of hydrogen-bond acceptors (Lipinski definition) is 5. The number of alkyl halides is 2. The number of likely N-dealkylation sites (tertiary alicyclic amines) is 1. The maximum atomic E-state index is 13.9. The Balaban J connectivity index is 1.57. The number of methoxy groups -OCH3 is 1. The maximum absolute atomic E-state index is 13.9. The summed E-state index contributed by atoms with van der Waals surface area (Å²) in [5.74, 6) is 0.395. The van der Waals surface area contributed by atoms with Crippen molar-refractivity contribution in [2.75, 3.05) is 13.7 Å². The van der Waals surface area contributed by atoms with Crippen LogP contribution in [0.4, 0.5) is 8.78 Å². The fourth-order valence-corrected chi connectivity index (χ4v) is 5.05. The monoisotopic (exact) mass is 454 g/mol. The summed E-state index contributed by atoms with van der Waals surface area (Å²) in [5.41, 5.74) is 0.864. The Morgan fingerprint density at radius 1 is 1.18 bits per heavy atom. The molecule has 1 saturated heterocycles. The number of benzene rings is 1. The predicted octanol–water partition coefficient (Wildman–Crippen LogP) is 4.32. The Morgan fingerprint density at radius 2 is 1.94 bits per heavy atom. The standard InChI is InChI=1S/C24H24F2N4O3/c1-33-15-8-6-14(7-9-15)18-12-20(22(25)26)30-23(28-18)17(13-27-30)24(32)29-11-10-21(31)16-4-2-3-5-19(16)29/h6-9,12-13,16,19,22H,2-5,10-11H2,1H3/t16-,19+/m0/s1. The molecule has 7 nitrogen and oxygen atoms in total. The molecule has 0 unspecified atom stereocenters. The van der Waals surface area contributed by atoms with Gasteiger partial charge in [-0.2, -0.15) is 5.10 Å². The van der Waals surface area contributed by atoms with Crippen molar-refractivity contribution in [3.05, 3.63) is 47.8 Å². The van der Waals surface area contributed by atoms with Crippen molar-refractivity contribution in [1.82, 2.24) is 19.5 Å². The first kappa shape index (κ1) is 21.5. The van der Waals surface area contributed by atoms with Crippen LogP contribution in [0.1, 0.15) is 54.6 Å². The van der Waals surface area contributed by atoms with Gasteiger partial charge in [-0.25, -0.2) is 18.3 Å². The van der Waals surface area contributed by atoms with Gasteiger partial charge >= 0.3 is 0 Å². The molecule has 0 N–H and O–H groups in total. The van der Waals surface area contributed by atoms with Crippen LogP contribution >= 0.6 is 0 Å². The lowest BCUT2D eigenvalue weighted by atomic mass is 9.77. The number of aromatic nitrogens is 3. The Morgan fingerprint density at radius 3 is 2.67 bits per heavy atom. The molecule has 0 bridgehead atoms. The lowest BCUT2D eigenvalue weighted by Gasteiger charge is -2.43. The van der Waals surface area contributed by atoms with E-state index in [4.69, 9.17) is 4.74 Å². The van der Waals surface area contributed by atoms with Gasteiger partial charge in [-0.05, 0) is 43.2 Å². The summed E-state index contributed by atoms with van der Waals surface area (Å²) in [5, 5.41) is 4.08. The van der Waals surface area contributed by atoms with Crippen LogP contribution in [0.15, 0.2) is 36.5 Å². The number of nitrogens with zero attached hydrogens (tertiary/aromatic N) is 4. The Hall–Kier alpha value is -3.36. The highest BCUT2D eigenvalue weighted by Gasteiger charge is 2.41. The highest BCUT2D eigenvalue weighted by atomic mass is 19.3. The third kappa shape index (κ3) is 3.75. The third-order valence-electron chi connectivity index (χ3n) is 6.74. The molecule has 0 spiro atoms. The van der Waals surface area contributed by atoms with Crippen LogP contribution in [0.5, 0.6) is 5.75 Å². The van der Waals surface area contributed by atoms with Crippen LogP contribution in [-0.4, -0.2) is 50.9 Å². The molecular formula is C24H24F2N4O3. The number of carbonyl (C=O) groups is 2. The normalized spacial score (nSPS) is 20.8. The summed E-state index contributed by atoms with van der Waals surface area (Å²) < 4.78 is 34.0. The van der Waals surface area contributed by atoms with Gasteiger partial charge in [0.1, 0.15) is 22.8 Å². The zero-order valence-corrected chi connectivity index (χ0v) is 18.2. The molecule has 2 atom stereocenters. The molecule has 1 saturated carbocycles. The number of ether oxygens (including phenoxy) is 1. The summed E-state index contributed by atoms with van der Waals surface area (Å²) in [6, 6.07) is 8.04. The quantitative estimate of drug-likeness (QED) is 0.587. The molecule has 5 rings (SSSR count). The van der Waals surface area contributed by atoms with Gasteiger partial charge in [-0.15, -0.1) is 0 Å². The van der Waals surface area contributed by atoms with Crippen molar-refractivity contribution in [2.45, 2.75) is 44.6 Å². The second-order valence-electron chi connectivity index (χ2n) is 8.56. The predicted molar refractivity (Wildman–Crippen MR) is 116 cm³/mol. The fourth-order valence-electron chi connectivity index (χ4n) is 5.05. The summed E-state index contributed by atoms with van der Waals surface area (Å²) in [6.45, 7) is 0.329. The number of halogens is 2. The minimum Gasteiger partial charge on any atom is -0.497 e. The zero-order valence-electron chi connectivity index (χ0n) is 18.2. The molecule has 1 aliphatic carbocycles. The van der Waals surface area contributed by atoms with Crippen molar-refractivity contribution in [2.24, 2.45) is 5.92 Å². The zero-order chi connectivity index (χ0) is 23.1. The van der Waals surface area contributed by atoms with E-state index in [-0.39, 0.29) is 40.6 Å². The van der Waals surface area contributed by atoms with Gasteiger partial charge in [0, 0.05) is 30.5 Å². The van der Waals surface area contributed by atoms with E-state index >= 15 is 0 Å². The maximum Gasteiger partial charge on any atom is 0.280 e. The van der Waals surface area contributed by atoms with E-state index in [1.54, 1.807) is 36.3 Å². The van der Waals surface area contributed by atoms with Crippen molar-refractivity contribution >= 4 is 17.3 Å². The van der Waals surface area contributed by atoms with Crippen molar-refractivity contribution < 1.29 is 23.1 Å². The smallest absolute Gasteiger partial charge is 0.280 e. The number of amides is 1. The molecule has 33 heavy (non-hydrogen) atoms. The molecular weight excluding hydrogens is 430 g/mol. The van der Waals surface area contributed by atoms with Crippen LogP contribution in [0, 0.1) is 5.92 Å². The van der Waals surface area contributed by atoms with E-state index < -0.39 is 6.43 Å². The van der Waals surface area contributed by atoms with E-state index in [0.717, 1.165) is 30.2 Å². The third-order valence-corrected chi connectivity index (χ3v) is 6.74.